The lowest BCUT2D eigenvalue weighted by Crippen LogP contribution is -2.39. The summed E-state index contributed by atoms with van der Waals surface area (Å²) in [6, 6.07) is 20.5. The Balaban J connectivity index is 1.82. The highest BCUT2D eigenvalue weighted by Crippen LogP contribution is 2.21. The van der Waals surface area contributed by atoms with E-state index in [9.17, 15) is 13.2 Å². The Labute approximate surface area is 192 Å². The summed E-state index contributed by atoms with van der Waals surface area (Å²) in [6.07, 6.45) is 0.473. The first-order valence-electron chi connectivity index (χ1n) is 9.61. The van der Waals surface area contributed by atoms with Gasteiger partial charge in [0.15, 0.2) is 0 Å². The van der Waals surface area contributed by atoms with Gasteiger partial charge in [0.25, 0.3) is 0 Å². The van der Waals surface area contributed by atoms with Crippen molar-refractivity contribution in [2.45, 2.75) is 18.2 Å². The Kier molecular flexibility index (Phi) is 7.73. The summed E-state index contributed by atoms with van der Waals surface area (Å²) in [6.45, 7) is 1.65. The lowest BCUT2D eigenvalue weighted by Gasteiger charge is -2.22. The van der Waals surface area contributed by atoms with Gasteiger partial charge in [0.05, 0.1) is 11.4 Å². The van der Waals surface area contributed by atoms with Crippen LogP contribution in [0.4, 0.5) is 5.69 Å². The zero-order chi connectivity index (χ0) is 22.4. The van der Waals surface area contributed by atoms with Gasteiger partial charge in [0.2, 0.25) is 15.9 Å². The minimum absolute atomic E-state index is 0.0837. The molecule has 3 rings (SSSR count). The molecule has 0 aliphatic carbocycles. The van der Waals surface area contributed by atoms with Crippen molar-refractivity contribution in [3.05, 3.63) is 94.0 Å². The van der Waals surface area contributed by atoms with E-state index in [2.05, 4.69) is 5.32 Å². The van der Waals surface area contributed by atoms with Crippen LogP contribution in [0.15, 0.2) is 77.7 Å². The van der Waals surface area contributed by atoms with Crippen LogP contribution in [0.2, 0.25) is 10.0 Å². The van der Waals surface area contributed by atoms with Gasteiger partial charge in [-0.3, -0.25) is 4.79 Å². The molecule has 0 bridgehead atoms. The van der Waals surface area contributed by atoms with Crippen molar-refractivity contribution in [2.24, 2.45) is 0 Å². The molecule has 8 heteroatoms. The van der Waals surface area contributed by atoms with Gasteiger partial charge >= 0.3 is 0 Å². The molecule has 31 heavy (non-hydrogen) atoms. The number of carbonyl (C=O) groups excluding carboxylic acids is 1. The fraction of sp³-hybridized carbons (Fsp3) is 0.174. The number of hydrogen-bond donors (Lipinski definition) is 1. The standard InChI is InChI=1S/C23H22Cl2N2O3S/c1-17-15-20(25)9-12-22(17)26-23(28)16-27(14-13-18-5-3-2-4-6-18)31(29,30)21-10-7-19(24)8-11-21/h2-12,15H,13-14,16H2,1H3,(H,26,28). The monoisotopic (exact) mass is 476 g/mol. The molecule has 0 aromatic heterocycles. The van der Waals surface area contributed by atoms with Crippen LogP contribution in [0.1, 0.15) is 11.1 Å². The molecule has 0 radical (unpaired) electrons. The van der Waals surface area contributed by atoms with Crippen molar-refractivity contribution < 1.29 is 13.2 Å². The Hall–Kier alpha value is -2.38. The van der Waals surface area contributed by atoms with Crippen molar-refractivity contribution in [1.29, 1.82) is 0 Å². The zero-order valence-electron chi connectivity index (χ0n) is 16.9. The van der Waals surface area contributed by atoms with Crippen molar-refractivity contribution in [1.82, 2.24) is 4.31 Å². The smallest absolute Gasteiger partial charge is 0.243 e. The van der Waals surface area contributed by atoms with Crippen LogP contribution in [-0.4, -0.2) is 31.7 Å². The maximum absolute atomic E-state index is 13.2. The van der Waals surface area contributed by atoms with Crippen LogP contribution in [0.25, 0.3) is 0 Å². The number of aryl methyl sites for hydroxylation is 1. The van der Waals surface area contributed by atoms with Gasteiger partial charge in [-0.1, -0.05) is 53.5 Å². The Morgan fingerprint density at radius 2 is 1.58 bits per heavy atom. The average Bonchev–Trinajstić information content (AvgIpc) is 2.74. The average molecular weight is 477 g/mol. The molecule has 3 aromatic carbocycles. The van der Waals surface area contributed by atoms with Crippen molar-refractivity contribution in [2.75, 3.05) is 18.4 Å². The molecule has 1 amide bonds. The molecule has 0 saturated carbocycles. The largest absolute Gasteiger partial charge is 0.325 e. The molecule has 1 N–H and O–H groups in total. The number of benzene rings is 3. The van der Waals surface area contributed by atoms with Gasteiger partial charge in [0.1, 0.15) is 0 Å². The SMILES string of the molecule is Cc1cc(Cl)ccc1NC(=O)CN(CCc1ccccc1)S(=O)(=O)c1ccc(Cl)cc1. The van der Waals surface area contributed by atoms with Gasteiger partial charge in [0, 0.05) is 22.3 Å². The lowest BCUT2D eigenvalue weighted by molar-refractivity contribution is -0.116. The molecule has 0 saturated heterocycles. The van der Waals surface area contributed by atoms with E-state index in [0.717, 1.165) is 11.1 Å². The maximum Gasteiger partial charge on any atom is 0.243 e. The van der Waals surface area contributed by atoms with E-state index in [4.69, 9.17) is 23.2 Å². The second-order valence-electron chi connectivity index (χ2n) is 7.04. The molecular weight excluding hydrogens is 455 g/mol. The number of amides is 1. The molecule has 0 unspecified atom stereocenters. The van der Waals surface area contributed by atoms with E-state index in [1.807, 2.05) is 37.3 Å². The summed E-state index contributed by atoms with van der Waals surface area (Å²) in [5.41, 5.74) is 2.35. The fourth-order valence-electron chi connectivity index (χ4n) is 3.06. The van der Waals surface area contributed by atoms with E-state index in [0.29, 0.717) is 22.2 Å². The number of nitrogens with zero attached hydrogens (tertiary/aromatic N) is 1. The van der Waals surface area contributed by atoms with Crippen LogP contribution < -0.4 is 5.32 Å². The van der Waals surface area contributed by atoms with E-state index >= 15 is 0 Å². The van der Waals surface area contributed by atoms with Crippen LogP contribution in [0.3, 0.4) is 0 Å². The second kappa shape index (κ2) is 10.3. The molecule has 0 heterocycles. The summed E-state index contributed by atoms with van der Waals surface area (Å²) in [5.74, 6) is -0.434. The predicted molar refractivity (Wildman–Crippen MR) is 125 cm³/mol. The topological polar surface area (TPSA) is 66.5 Å². The lowest BCUT2D eigenvalue weighted by atomic mass is 10.1. The van der Waals surface area contributed by atoms with Gasteiger partial charge in [-0.2, -0.15) is 4.31 Å². The molecule has 0 fully saturated rings. The molecule has 162 valence electrons. The third-order valence-electron chi connectivity index (χ3n) is 4.73. The number of halogens is 2. The van der Waals surface area contributed by atoms with E-state index in [1.54, 1.807) is 18.2 Å². The first-order valence-corrected chi connectivity index (χ1v) is 11.8. The van der Waals surface area contributed by atoms with Gasteiger partial charge in [-0.15, -0.1) is 0 Å². The maximum atomic E-state index is 13.2. The number of nitrogens with one attached hydrogen (secondary N) is 1. The minimum Gasteiger partial charge on any atom is -0.325 e. The molecule has 3 aromatic rings. The quantitative estimate of drug-likeness (QED) is 0.487. The van der Waals surface area contributed by atoms with Crippen LogP contribution in [-0.2, 0) is 21.2 Å². The van der Waals surface area contributed by atoms with Crippen molar-refractivity contribution in [3.8, 4) is 0 Å². The Bertz CT molecular complexity index is 1150. The number of rotatable bonds is 8. The van der Waals surface area contributed by atoms with Gasteiger partial charge in [-0.25, -0.2) is 8.42 Å². The fourth-order valence-corrected chi connectivity index (χ4v) is 4.81. The first kappa shape index (κ1) is 23.3. The molecule has 0 spiro atoms. The summed E-state index contributed by atoms with van der Waals surface area (Å²) in [5, 5.41) is 3.77. The van der Waals surface area contributed by atoms with Gasteiger partial charge < -0.3 is 5.32 Å². The third kappa shape index (κ3) is 6.31. The Morgan fingerprint density at radius 3 is 2.23 bits per heavy atom. The van der Waals surface area contributed by atoms with E-state index in [-0.39, 0.29) is 18.0 Å². The first-order chi connectivity index (χ1) is 14.8. The zero-order valence-corrected chi connectivity index (χ0v) is 19.2. The summed E-state index contributed by atoms with van der Waals surface area (Å²) in [4.78, 5) is 12.8. The second-order valence-corrected chi connectivity index (χ2v) is 9.85. The van der Waals surface area contributed by atoms with Crippen LogP contribution >= 0.6 is 23.2 Å². The summed E-state index contributed by atoms with van der Waals surface area (Å²) in [7, 11) is -3.90. The predicted octanol–water partition coefficient (Wildman–Crippen LogP) is 5.17. The minimum atomic E-state index is -3.90. The highest BCUT2D eigenvalue weighted by Gasteiger charge is 2.26. The number of hydrogen-bond acceptors (Lipinski definition) is 3. The molecular formula is C23H22Cl2N2O3S. The van der Waals surface area contributed by atoms with Gasteiger partial charge in [-0.05, 0) is 66.9 Å². The molecule has 0 aliphatic heterocycles. The van der Waals surface area contributed by atoms with Crippen LogP contribution in [0, 0.1) is 6.92 Å². The highest BCUT2D eigenvalue weighted by molar-refractivity contribution is 7.89. The molecule has 5 nitrogen and oxygen atoms in total. The summed E-state index contributed by atoms with van der Waals surface area (Å²) < 4.78 is 27.7. The number of anilines is 1. The summed E-state index contributed by atoms with van der Waals surface area (Å²) >= 11 is 11.9. The normalized spacial score (nSPS) is 11.5. The Morgan fingerprint density at radius 1 is 0.935 bits per heavy atom. The van der Waals surface area contributed by atoms with Crippen molar-refractivity contribution >= 4 is 44.8 Å². The van der Waals surface area contributed by atoms with E-state index in [1.165, 1.54) is 28.6 Å². The van der Waals surface area contributed by atoms with Crippen LogP contribution in [0.5, 0.6) is 0 Å². The number of sulfonamides is 1. The molecule has 0 aliphatic rings. The molecule has 0 atom stereocenters. The van der Waals surface area contributed by atoms with E-state index < -0.39 is 15.9 Å². The highest BCUT2D eigenvalue weighted by atomic mass is 35.5. The number of carbonyl (C=O) groups is 1. The van der Waals surface area contributed by atoms with Crippen molar-refractivity contribution in [3.63, 3.8) is 0 Å². The third-order valence-corrected chi connectivity index (χ3v) is 7.07.